The van der Waals surface area contributed by atoms with Gasteiger partial charge in [-0.25, -0.2) is 18.9 Å². The molecule has 2 fully saturated rings. The van der Waals surface area contributed by atoms with E-state index in [0.717, 1.165) is 16.1 Å². The largest absolute Gasteiger partial charge is 0.478 e. The zero-order valence-corrected chi connectivity index (χ0v) is 22.5. The predicted molar refractivity (Wildman–Crippen MR) is 135 cm³/mol. The van der Waals surface area contributed by atoms with Gasteiger partial charge in [0, 0.05) is 24.8 Å². The van der Waals surface area contributed by atoms with Gasteiger partial charge in [0.2, 0.25) is 5.60 Å². The molecule has 0 unspecified atom stereocenters. The van der Waals surface area contributed by atoms with Crippen molar-refractivity contribution in [2.24, 2.45) is 10.9 Å². The zero-order chi connectivity index (χ0) is 29.9. The Hall–Kier alpha value is -4.41. The maximum absolute atomic E-state index is 13.2. The fraction of sp³-hybridized carbons (Fsp3) is 0.474. The molecule has 1 aliphatic carbocycles. The number of aliphatic carboxylic acids is 1. The van der Waals surface area contributed by atoms with Crippen LogP contribution < -0.4 is 22.1 Å². The number of anilines is 1. The third-order valence-electron chi connectivity index (χ3n) is 5.79. The third-order valence-corrected chi connectivity index (χ3v) is 7.41. The maximum Gasteiger partial charge on any atom is 0.407 e. The molecule has 1 saturated heterocycles. The quantitative estimate of drug-likeness (QED) is 0.0567. The number of β-lactam (4-membered cyclic amide) rings is 1. The number of nitrogens with two attached hydrogens (primary N) is 2. The van der Waals surface area contributed by atoms with Crippen molar-refractivity contribution in [3.8, 4) is 0 Å². The van der Waals surface area contributed by atoms with Gasteiger partial charge in [0.05, 0.1) is 19.3 Å². The standard InChI is InChI=1S/C19H24N10O10S2/c20-3-4-38-18(34)22-5-9-6-23-28(26-9)7-11-13(15(31)29(11)41(35,36)37)25-14(30)12(10-8-40-17(21)24-10)27-39-19(1-2-19)16(32)33/h6,8,11,13H,1-5,7,20H2,(H2,21,24)(H,22,34)(H,25,30)(H,32,33)(H,35,36,37)/b27-12+/t11-,13+/m1/s1. The number of rotatable bonds is 13. The summed E-state index contributed by atoms with van der Waals surface area (Å²) >= 11 is 0.949. The minimum absolute atomic E-state index is 0.00163. The highest BCUT2D eigenvalue weighted by Gasteiger charge is 2.56. The summed E-state index contributed by atoms with van der Waals surface area (Å²) in [4.78, 5) is 58.9. The molecule has 3 heterocycles. The Kier molecular flexibility index (Phi) is 8.37. The lowest BCUT2D eigenvalue weighted by Crippen LogP contribution is -2.73. The first-order chi connectivity index (χ1) is 19.3. The Balaban J connectivity index is 1.50. The number of carboxylic acids is 1. The van der Waals surface area contributed by atoms with Gasteiger partial charge in [-0.1, -0.05) is 5.16 Å². The summed E-state index contributed by atoms with van der Waals surface area (Å²) in [5.74, 6) is -3.53. The second-order valence-electron chi connectivity index (χ2n) is 8.70. The second-order valence-corrected chi connectivity index (χ2v) is 10.9. The zero-order valence-electron chi connectivity index (χ0n) is 20.9. The Bertz CT molecular complexity index is 1480. The number of thiazole rings is 1. The van der Waals surface area contributed by atoms with Crippen molar-refractivity contribution in [2.45, 2.75) is 43.6 Å². The number of alkyl carbamates (subject to hydrolysis) is 1. The van der Waals surface area contributed by atoms with Gasteiger partial charge in [0.25, 0.3) is 11.8 Å². The summed E-state index contributed by atoms with van der Waals surface area (Å²) in [5, 5.41) is 27.1. The summed E-state index contributed by atoms with van der Waals surface area (Å²) in [6.07, 6.45) is 0.792. The lowest BCUT2D eigenvalue weighted by atomic mass is 9.98. The lowest BCUT2D eigenvalue weighted by Gasteiger charge is -2.43. The first kappa shape index (κ1) is 29.6. The van der Waals surface area contributed by atoms with Crippen LogP contribution in [-0.2, 0) is 47.4 Å². The van der Waals surface area contributed by atoms with Crippen LogP contribution in [-0.4, -0.2) is 103 Å². The summed E-state index contributed by atoms with van der Waals surface area (Å²) in [6, 6.07) is -2.90. The number of carbonyl (C=O) groups excluding carboxylic acids is 3. The van der Waals surface area contributed by atoms with E-state index in [-0.39, 0.29) is 53.4 Å². The molecule has 0 bridgehead atoms. The Labute approximate surface area is 234 Å². The second kappa shape index (κ2) is 11.6. The van der Waals surface area contributed by atoms with Crippen molar-refractivity contribution in [2.75, 3.05) is 18.9 Å². The number of oxime groups is 1. The van der Waals surface area contributed by atoms with Crippen LogP contribution in [0.15, 0.2) is 16.7 Å². The molecular weight excluding hydrogens is 592 g/mol. The molecule has 2 atom stereocenters. The molecule has 2 aliphatic rings. The van der Waals surface area contributed by atoms with Gasteiger partial charge in [-0.3, -0.25) is 14.1 Å². The molecule has 41 heavy (non-hydrogen) atoms. The maximum atomic E-state index is 13.2. The number of hydrogen-bond acceptors (Lipinski definition) is 15. The van der Waals surface area contributed by atoms with E-state index in [1.807, 2.05) is 0 Å². The molecule has 2 aromatic rings. The highest BCUT2D eigenvalue weighted by Crippen LogP contribution is 2.40. The van der Waals surface area contributed by atoms with E-state index < -0.39 is 64.1 Å². The molecule has 0 radical (unpaired) electrons. The molecule has 2 aromatic heterocycles. The minimum atomic E-state index is -5.04. The van der Waals surface area contributed by atoms with E-state index in [1.54, 1.807) is 0 Å². The number of amides is 3. The number of ether oxygens (including phenoxy) is 1. The van der Waals surface area contributed by atoms with Crippen LogP contribution >= 0.6 is 11.3 Å². The number of hydrogen-bond donors (Lipinski definition) is 6. The Morgan fingerprint density at radius 2 is 2.05 bits per heavy atom. The number of aromatic nitrogens is 4. The first-order valence-electron chi connectivity index (χ1n) is 11.7. The first-order valence-corrected chi connectivity index (χ1v) is 13.9. The molecule has 20 nitrogen and oxygen atoms in total. The van der Waals surface area contributed by atoms with Gasteiger partial charge in [0.15, 0.2) is 10.8 Å². The normalized spacial score (nSPS) is 19.7. The van der Waals surface area contributed by atoms with Crippen molar-refractivity contribution in [3.63, 3.8) is 0 Å². The number of carbonyl (C=O) groups is 4. The third kappa shape index (κ3) is 6.67. The fourth-order valence-corrected chi connectivity index (χ4v) is 5.00. The van der Waals surface area contributed by atoms with Crippen LogP contribution in [0.2, 0.25) is 0 Å². The Morgan fingerprint density at radius 1 is 1.32 bits per heavy atom. The van der Waals surface area contributed by atoms with E-state index in [2.05, 4.69) is 31.0 Å². The smallest absolute Gasteiger partial charge is 0.407 e. The number of nitrogens with zero attached hydrogens (tertiary/aromatic N) is 6. The van der Waals surface area contributed by atoms with Crippen LogP contribution in [0, 0.1) is 0 Å². The van der Waals surface area contributed by atoms with Crippen LogP contribution in [0.1, 0.15) is 24.2 Å². The molecule has 1 aliphatic heterocycles. The molecule has 8 N–H and O–H groups in total. The van der Waals surface area contributed by atoms with Crippen LogP contribution in [0.4, 0.5) is 9.93 Å². The SMILES string of the molecule is NCCOC(=O)NCc1cnn(C[C@@H]2[C@H](NC(=O)/C(=N/OC3(C(=O)O)CC3)c3csc(N)n3)C(=O)N2S(=O)(=O)O)n1. The van der Waals surface area contributed by atoms with E-state index in [0.29, 0.717) is 0 Å². The average molecular weight is 617 g/mol. The van der Waals surface area contributed by atoms with Crippen LogP contribution in [0.3, 0.4) is 0 Å². The van der Waals surface area contributed by atoms with Crippen molar-refractivity contribution in [3.05, 3.63) is 23.0 Å². The molecular formula is C19H24N10O10S2. The van der Waals surface area contributed by atoms with Gasteiger partial charge in [-0.2, -0.15) is 23.4 Å². The van der Waals surface area contributed by atoms with Gasteiger partial charge in [-0.15, -0.1) is 11.3 Å². The van der Waals surface area contributed by atoms with Crippen molar-refractivity contribution in [1.29, 1.82) is 0 Å². The number of nitrogens with one attached hydrogen (secondary N) is 2. The lowest BCUT2D eigenvalue weighted by molar-refractivity contribution is -0.153. The average Bonchev–Trinajstić information content (AvgIpc) is 3.37. The minimum Gasteiger partial charge on any atom is -0.478 e. The van der Waals surface area contributed by atoms with Gasteiger partial charge in [0.1, 0.15) is 30.1 Å². The van der Waals surface area contributed by atoms with E-state index >= 15 is 0 Å². The van der Waals surface area contributed by atoms with E-state index in [9.17, 15) is 37.3 Å². The van der Waals surface area contributed by atoms with Crippen molar-refractivity contribution >= 4 is 56.4 Å². The highest BCUT2D eigenvalue weighted by atomic mass is 32.2. The molecule has 0 spiro atoms. The van der Waals surface area contributed by atoms with Gasteiger partial charge >= 0.3 is 22.4 Å². The van der Waals surface area contributed by atoms with Gasteiger partial charge in [-0.05, 0) is 0 Å². The van der Waals surface area contributed by atoms with E-state index in [4.69, 9.17) is 21.0 Å². The Morgan fingerprint density at radius 3 is 2.63 bits per heavy atom. The summed E-state index contributed by atoms with van der Waals surface area (Å²) in [5.41, 5.74) is 8.91. The van der Waals surface area contributed by atoms with Crippen molar-refractivity contribution < 1.29 is 46.8 Å². The fourth-order valence-electron chi connectivity index (χ4n) is 3.58. The highest BCUT2D eigenvalue weighted by molar-refractivity contribution is 7.84. The monoisotopic (exact) mass is 616 g/mol. The van der Waals surface area contributed by atoms with Gasteiger partial charge < -0.3 is 36.8 Å². The number of carboxylic acid groups (broad SMARTS) is 1. The predicted octanol–water partition coefficient (Wildman–Crippen LogP) is -2.96. The van der Waals surface area contributed by atoms with Crippen LogP contribution in [0.25, 0.3) is 0 Å². The van der Waals surface area contributed by atoms with E-state index in [1.165, 1.54) is 11.6 Å². The number of nitrogen functional groups attached to an aromatic ring is 1. The molecule has 4 rings (SSSR count). The molecule has 222 valence electrons. The summed E-state index contributed by atoms with van der Waals surface area (Å²) in [7, 11) is -5.04. The van der Waals surface area contributed by atoms with Crippen LogP contribution in [0.5, 0.6) is 0 Å². The molecule has 3 amide bonds. The van der Waals surface area contributed by atoms with Crippen molar-refractivity contribution in [1.82, 2.24) is 34.9 Å². The molecule has 22 heteroatoms. The topological polar surface area (TPSA) is 297 Å². The molecule has 1 saturated carbocycles. The molecule has 0 aromatic carbocycles. The summed E-state index contributed by atoms with van der Waals surface area (Å²) < 4.78 is 38.2. The summed E-state index contributed by atoms with van der Waals surface area (Å²) in [6.45, 7) is -0.388.